The fraction of sp³-hybridized carbons (Fsp3) is 0.375. The molecule has 2 N–H and O–H groups in total. The van der Waals surface area contributed by atoms with Crippen LogP contribution < -0.4 is 5.73 Å². The van der Waals surface area contributed by atoms with Crippen LogP contribution >= 0.6 is 11.3 Å². The van der Waals surface area contributed by atoms with Crippen LogP contribution in [0.1, 0.15) is 36.8 Å². The van der Waals surface area contributed by atoms with Crippen LogP contribution in [-0.2, 0) is 12.0 Å². The van der Waals surface area contributed by atoms with Crippen LogP contribution in [-0.4, -0.2) is 0 Å². The van der Waals surface area contributed by atoms with Crippen molar-refractivity contribution in [3.63, 3.8) is 0 Å². The number of hydrogen-bond acceptors (Lipinski definition) is 2. The molecule has 0 spiro atoms. The van der Waals surface area contributed by atoms with Crippen molar-refractivity contribution in [2.24, 2.45) is 5.73 Å². The average Bonchev–Trinajstić information content (AvgIpc) is 2.76. The highest BCUT2D eigenvalue weighted by Gasteiger charge is 2.15. The first-order valence-corrected chi connectivity index (χ1v) is 7.14. The summed E-state index contributed by atoms with van der Waals surface area (Å²) in [6.45, 7) is 9.55. The van der Waals surface area contributed by atoms with E-state index in [0.29, 0.717) is 6.54 Å². The highest BCUT2D eigenvalue weighted by molar-refractivity contribution is 7.15. The largest absolute Gasteiger partial charge is 0.326 e. The summed E-state index contributed by atoms with van der Waals surface area (Å²) in [6.07, 6.45) is 0. The lowest BCUT2D eigenvalue weighted by Crippen LogP contribution is -2.11. The number of thiophene rings is 1. The van der Waals surface area contributed by atoms with Gasteiger partial charge in [0.25, 0.3) is 0 Å². The van der Waals surface area contributed by atoms with Crippen molar-refractivity contribution in [3.05, 3.63) is 46.3 Å². The van der Waals surface area contributed by atoms with Crippen LogP contribution in [0.2, 0.25) is 0 Å². The molecule has 0 saturated carbocycles. The van der Waals surface area contributed by atoms with Crippen LogP contribution in [0.5, 0.6) is 0 Å². The minimum atomic E-state index is 0.191. The predicted molar refractivity (Wildman–Crippen MR) is 81.1 cm³/mol. The van der Waals surface area contributed by atoms with E-state index in [4.69, 9.17) is 5.73 Å². The van der Waals surface area contributed by atoms with Gasteiger partial charge in [0, 0.05) is 16.3 Å². The quantitative estimate of drug-likeness (QED) is 0.845. The minimum Gasteiger partial charge on any atom is -0.326 e. The number of rotatable bonds is 2. The molecule has 0 aliphatic rings. The van der Waals surface area contributed by atoms with E-state index in [0.717, 1.165) is 0 Å². The maximum absolute atomic E-state index is 5.69. The number of hydrogen-bond donors (Lipinski definition) is 1. The van der Waals surface area contributed by atoms with Crippen molar-refractivity contribution in [3.8, 4) is 10.4 Å². The fourth-order valence-electron chi connectivity index (χ4n) is 1.99. The van der Waals surface area contributed by atoms with Crippen molar-refractivity contribution < 1.29 is 0 Å². The molecule has 1 heterocycles. The van der Waals surface area contributed by atoms with E-state index >= 15 is 0 Å². The zero-order valence-corrected chi connectivity index (χ0v) is 12.4. The molecule has 2 rings (SSSR count). The maximum atomic E-state index is 5.69. The Morgan fingerprint density at radius 3 is 2.39 bits per heavy atom. The summed E-state index contributed by atoms with van der Waals surface area (Å²) in [5.74, 6) is 0. The smallest absolute Gasteiger partial charge is 0.0348 e. The summed E-state index contributed by atoms with van der Waals surface area (Å²) in [4.78, 5) is 2.56. The third-order valence-electron chi connectivity index (χ3n) is 3.23. The van der Waals surface area contributed by atoms with Gasteiger partial charge in [0.2, 0.25) is 0 Å². The molecule has 96 valence electrons. The molecule has 2 aromatic rings. The summed E-state index contributed by atoms with van der Waals surface area (Å²) in [7, 11) is 0. The summed E-state index contributed by atoms with van der Waals surface area (Å²) < 4.78 is 0. The van der Waals surface area contributed by atoms with Gasteiger partial charge in [-0.05, 0) is 47.2 Å². The van der Waals surface area contributed by atoms with Crippen LogP contribution in [0, 0.1) is 6.92 Å². The van der Waals surface area contributed by atoms with Gasteiger partial charge in [-0.3, -0.25) is 0 Å². The first-order chi connectivity index (χ1) is 8.41. The fourth-order valence-corrected chi connectivity index (χ4v) is 2.95. The molecule has 0 fully saturated rings. The van der Waals surface area contributed by atoms with Crippen molar-refractivity contribution >= 4 is 11.3 Å². The van der Waals surface area contributed by atoms with Gasteiger partial charge < -0.3 is 5.73 Å². The predicted octanol–water partition coefficient (Wildman–Crippen LogP) is 4.48. The van der Waals surface area contributed by atoms with Crippen molar-refractivity contribution in [1.29, 1.82) is 0 Å². The first kappa shape index (κ1) is 13.3. The Morgan fingerprint density at radius 1 is 1.11 bits per heavy atom. The van der Waals surface area contributed by atoms with Crippen LogP contribution in [0.3, 0.4) is 0 Å². The van der Waals surface area contributed by atoms with Gasteiger partial charge in [0.1, 0.15) is 0 Å². The van der Waals surface area contributed by atoms with E-state index in [1.165, 1.54) is 26.4 Å². The molecule has 0 unspecified atom stereocenters. The average molecular weight is 259 g/mol. The molecule has 0 radical (unpaired) electrons. The van der Waals surface area contributed by atoms with Gasteiger partial charge in [-0.1, -0.05) is 32.9 Å². The molecule has 18 heavy (non-hydrogen) atoms. The second kappa shape index (κ2) is 4.87. The highest BCUT2D eigenvalue weighted by atomic mass is 32.1. The molecular formula is C16H21NS. The molecule has 0 saturated heterocycles. The van der Waals surface area contributed by atoms with Crippen molar-refractivity contribution in [1.82, 2.24) is 0 Å². The van der Waals surface area contributed by atoms with E-state index in [1.54, 1.807) is 11.3 Å². The summed E-state index contributed by atoms with van der Waals surface area (Å²) in [5.41, 5.74) is 9.93. The third-order valence-corrected chi connectivity index (χ3v) is 4.37. The van der Waals surface area contributed by atoms with Gasteiger partial charge in [0.15, 0.2) is 0 Å². The first-order valence-electron chi connectivity index (χ1n) is 6.32. The van der Waals surface area contributed by atoms with Crippen molar-refractivity contribution in [2.45, 2.75) is 39.7 Å². The summed E-state index contributed by atoms with van der Waals surface area (Å²) >= 11 is 1.79. The van der Waals surface area contributed by atoms with Gasteiger partial charge in [0.05, 0.1) is 0 Å². The Kier molecular flexibility index (Phi) is 3.60. The SMILES string of the molecule is Cc1ccc(C(C)(C)C)cc1-c1ccc(CN)s1. The Labute approximate surface area is 114 Å². The molecule has 0 atom stereocenters. The van der Waals surface area contributed by atoms with Crippen LogP contribution in [0.25, 0.3) is 10.4 Å². The lowest BCUT2D eigenvalue weighted by atomic mass is 9.85. The molecule has 1 aromatic heterocycles. The second-order valence-electron chi connectivity index (χ2n) is 5.75. The van der Waals surface area contributed by atoms with Crippen LogP contribution in [0.15, 0.2) is 30.3 Å². The van der Waals surface area contributed by atoms with E-state index < -0.39 is 0 Å². The van der Waals surface area contributed by atoms with Crippen molar-refractivity contribution in [2.75, 3.05) is 0 Å². The molecule has 0 aliphatic carbocycles. The second-order valence-corrected chi connectivity index (χ2v) is 6.92. The number of aryl methyl sites for hydroxylation is 1. The van der Waals surface area contributed by atoms with E-state index in [2.05, 4.69) is 58.0 Å². The molecule has 1 nitrogen and oxygen atoms in total. The Bertz CT molecular complexity index is 546. The zero-order chi connectivity index (χ0) is 13.3. The van der Waals surface area contributed by atoms with E-state index in [-0.39, 0.29) is 5.41 Å². The van der Waals surface area contributed by atoms with Crippen LogP contribution in [0.4, 0.5) is 0 Å². The van der Waals surface area contributed by atoms with E-state index in [9.17, 15) is 0 Å². The Balaban J connectivity index is 2.49. The summed E-state index contributed by atoms with van der Waals surface area (Å²) in [5, 5.41) is 0. The van der Waals surface area contributed by atoms with Gasteiger partial charge in [-0.2, -0.15) is 0 Å². The number of nitrogens with two attached hydrogens (primary N) is 1. The standard InChI is InChI=1S/C16H21NS/c1-11-5-6-12(16(2,3)4)9-14(11)15-8-7-13(10-17)18-15/h5-9H,10,17H2,1-4H3. The van der Waals surface area contributed by atoms with Gasteiger partial charge >= 0.3 is 0 Å². The maximum Gasteiger partial charge on any atom is 0.0348 e. The molecular weight excluding hydrogens is 238 g/mol. The highest BCUT2D eigenvalue weighted by Crippen LogP contribution is 2.34. The molecule has 0 bridgehead atoms. The zero-order valence-electron chi connectivity index (χ0n) is 11.6. The third kappa shape index (κ3) is 2.65. The molecule has 0 amide bonds. The van der Waals surface area contributed by atoms with E-state index in [1.807, 2.05) is 0 Å². The molecule has 0 aliphatic heterocycles. The normalized spacial score (nSPS) is 11.8. The van der Waals surface area contributed by atoms with Gasteiger partial charge in [-0.15, -0.1) is 11.3 Å². The molecule has 2 heteroatoms. The van der Waals surface area contributed by atoms with Gasteiger partial charge in [-0.25, -0.2) is 0 Å². The summed E-state index contributed by atoms with van der Waals surface area (Å²) in [6, 6.07) is 11.1. The Hall–Kier alpha value is -1.12. The topological polar surface area (TPSA) is 26.0 Å². The number of benzene rings is 1. The monoisotopic (exact) mass is 259 g/mol. The Morgan fingerprint density at radius 2 is 1.83 bits per heavy atom. The lowest BCUT2D eigenvalue weighted by molar-refractivity contribution is 0.590. The molecule has 1 aromatic carbocycles. The lowest BCUT2D eigenvalue weighted by Gasteiger charge is -2.20. The minimum absolute atomic E-state index is 0.191.